The Morgan fingerprint density at radius 2 is 1.75 bits per heavy atom. The third-order valence-corrected chi connectivity index (χ3v) is 4.75. The molecule has 3 aromatic rings. The number of carboxylic acid groups (broad SMARTS) is 1. The first kappa shape index (κ1) is 19.5. The molecular weight excluding hydrogens is 402 g/mol. The molecule has 0 saturated heterocycles. The molecule has 0 saturated carbocycles. The number of para-hydroxylation sites is 1. The summed E-state index contributed by atoms with van der Waals surface area (Å²) in [6, 6.07) is 15.8. The fraction of sp³-hybridized carbons (Fsp3) is 0.0526. The van der Waals surface area contributed by atoms with Gasteiger partial charge >= 0.3 is 5.97 Å². The molecule has 142 valence electrons. The van der Waals surface area contributed by atoms with E-state index in [1.165, 1.54) is 0 Å². The van der Waals surface area contributed by atoms with Crippen LogP contribution in [0, 0.1) is 0 Å². The number of anilines is 1. The number of carboxylic acids is 1. The molecule has 1 amide bonds. The van der Waals surface area contributed by atoms with Gasteiger partial charge in [-0.2, -0.15) is 0 Å². The largest absolute Gasteiger partial charge is 0.482 e. The molecule has 0 aliphatic heterocycles. The lowest BCUT2D eigenvalue weighted by Crippen LogP contribution is -2.11. The second kappa shape index (κ2) is 9.12. The molecule has 2 N–H and O–H groups in total. The van der Waals surface area contributed by atoms with Crippen LogP contribution in [-0.4, -0.2) is 33.8 Å². The maximum Gasteiger partial charge on any atom is 0.341 e. The summed E-state index contributed by atoms with van der Waals surface area (Å²) < 4.78 is 5.07. The number of benzene rings is 2. The summed E-state index contributed by atoms with van der Waals surface area (Å²) in [5.41, 5.74) is 1.43. The normalized spacial score (nSPS) is 11.1. The molecule has 0 radical (unpaired) electrons. The average molecular weight is 416 g/mol. The summed E-state index contributed by atoms with van der Waals surface area (Å²) in [6.45, 7) is -0.408. The first-order chi connectivity index (χ1) is 13.5. The van der Waals surface area contributed by atoms with Gasteiger partial charge in [0.25, 0.3) is 5.91 Å². The lowest BCUT2D eigenvalue weighted by Gasteiger charge is -2.03. The number of carbonyl (C=O) groups excluding carboxylic acids is 1. The Kier molecular flexibility index (Phi) is 6.36. The minimum atomic E-state index is -1.05. The first-order valence-corrected chi connectivity index (χ1v) is 9.23. The number of ether oxygens (including phenoxy) is 1. The average Bonchev–Trinajstić information content (AvgIpc) is 3.19. The van der Waals surface area contributed by atoms with Crippen molar-refractivity contribution in [3.05, 3.63) is 70.2 Å². The molecular formula is C19H14ClN3O4S. The second-order valence-electron chi connectivity index (χ2n) is 5.48. The fourth-order valence-electron chi connectivity index (χ4n) is 2.13. The minimum absolute atomic E-state index is 0.197. The van der Waals surface area contributed by atoms with Gasteiger partial charge in [0.15, 0.2) is 11.6 Å². The molecule has 0 bridgehead atoms. The van der Waals surface area contributed by atoms with Crippen molar-refractivity contribution in [2.24, 2.45) is 0 Å². The van der Waals surface area contributed by atoms with E-state index in [1.54, 1.807) is 42.5 Å². The van der Waals surface area contributed by atoms with Gasteiger partial charge in [-0.25, -0.2) is 4.79 Å². The Bertz CT molecular complexity index is 1000. The van der Waals surface area contributed by atoms with E-state index in [0.29, 0.717) is 21.5 Å². The fourth-order valence-corrected chi connectivity index (χ4v) is 3.06. The molecule has 1 aromatic heterocycles. The van der Waals surface area contributed by atoms with E-state index in [-0.39, 0.29) is 10.9 Å². The van der Waals surface area contributed by atoms with Crippen LogP contribution in [0.25, 0.3) is 11.1 Å². The van der Waals surface area contributed by atoms with Gasteiger partial charge in [0, 0.05) is 5.69 Å². The highest BCUT2D eigenvalue weighted by molar-refractivity contribution is 7.15. The van der Waals surface area contributed by atoms with E-state index >= 15 is 0 Å². The number of carbonyl (C=O) groups is 2. The van der Waals surface area contributed by atoms with Crippen LogP contribution in [0.1, 0.15) is 20.4 Å². The number of aliphatic carboxylic acids is 1. The Morgan fingerprint density at radius 1 is 1.07 bits per heavy atom. The summed E-state index contributed by atoms with van der Waals surface area (Å²) >= 11 is 7.37. The number of hydrogen-bond acceptors (Lipinski definition) is 6. The Labute approximate surface area is 169 Å². The van der Waals surface area contributed by atoms with Gasteiger partial charge in [-0.3, -0.25) is 4.79 Å². The van der Waals surface area contributed by atoms with Crippen LogP contribution in [0.5, 0.6) is 5.75 Å². The van der Waals surface area contributed by atoms with Gasteiger partial charge in [-0.1, -0.05) is 53.3 Å². The molecule has 3 rings (SSSR count). The van der Waals surface area contributed by atoms with Crippen molar-refractivity contribution in [1.82, 2.24) is 10.2 Å². The van der Waals surface area contributed by atoms with E-state index < -0.39 is 12.6 Å². The summed E-state index contributed by atoms with van der Waals surface area (Å²) in [5.74, 6) is -0.971. The zero-order valence-corrected chi connectivity index (χ0v) is 15.9. The van der Waals surface area contributed by atoms with Crippen molar-refractivity contribution in [3.8, 4) is 5.75 Å². The highest BCUT2D eigenvalue weighted by atomic mass is 35.5. The van der Waals surface area contributed by atoms with Crippen LogP contribution in [0.3, 0.4) is 0 Å². The third-order valence-electron chi connectivity index (χ3n) is 3.39. The zero-order chi connectivity index (χ0) is 19.9. The predicted molar refractivity (Wildman–Crippen MR) is 108 cm³/mol. The maximum absolute atomic E-state index is 12.2. The second-order valence-corrected chi connectivity index (χ2v) is 6.86. The summed E-state index contributed by atoms with van der Waals surface area (Å²) in [5, 5.41) is 20.1. The van der Waals surface area contributed by atoms with Gasteiger partial charge in [-0.05, 0) is 35.9 Å². The van der Waals surface area contributed by atoms with E-state index in [4.69, 9.17) is 21.4 Å². The molecule has 2 aromatic carbocycles. The smallest absolute Gasteiger partial charge is 0.341 e. The molecule has 28 heavy (non-hydrogen) atoms. The Morgan fingerprint density at radius 3 is 2.43 bits per heavy atom. The lowest BCUT2D eigenvalue weighted by molar-refractivity contribution is -0.139. The molecule has 0 fully saturated rings. The molecule has 1 heterocycles. The van der Waals surface area contributed by atoms with Gasteiger partial charge in [-0.15, -0.1) is 10.2 Å². The van der Waals surface area contributed by atoms with E-state index in [2.05, 4.69) is 15.5 Å². The quantitative estimate of drug-likeness (QED) is 0.605. The van der Waals surface area contributed by atoms with Crippen LogP contribution in [0.15, 0.2) is 54.6 Å². The lowest BCUT2D eigenvalue weighted by atomic mass is 10.2. The van der Waals surface area contributed by atoms with Gasteiger partial charge < -0.3 is 15.2 Å². The number of nitrogens with zero attached hydrogens (tertiary/aromatic N) is 2. The van der Waals surface area contributed by atoms with Crippen molar-refractivity contribution in [3.63, 3.8) is 0 Å². The van der Waals surface area contributed by atoms with Gasteiger partial charge in [0.05, 0.1) is 5.03 Å². The maximum atomic E-state index is 12.2. The van der Waals surface area contributed by atoms with E-state index in [0.717, 1.165) is 16.9 Å². The number of amides is 1. The molecule has 0 spiro atoms. The van der Waals surface area contributed by atoms with Crippen LogP contribution in [-0.2, 0) is 4.79 Å². The van der Waals surface area contributed by atoms with Gasteiger partial charge in [0.2, 0.25) is 5.01 Å². The predicted octanol–water partition coefficient (Wildman–Crippen LogP) is 3.99. The molecule has 0 atom stereocenters. The number of rotatable bonds is 7. The molecule has 9 heteroatoms. The number of hydrogen-bond donors (Lipinski definition) is 2. The van der Waals surface area contributed by atoms with Crippen LogP contribution in [0.2, 0.25) is 0 Å². The standard InChI is InChI=1S/C19H14ClN3O4S/c20-15(10-12-6-8-14(9-7-12)27-11-16(24)25)18-22-23-19(28-18)17(26)21-13-4-2-1-3-5-13/h1-10H,11H2,(H,21,26)(H,24,25)/b15-10-. The monoisotopic (exact) mass is 415 g/mol. The third kappa shape index (κ3) is 5.38. The number of aromatic nitrogens is 2. The zero-order valence-electron chi connectivity index (χ0n) is 14.3. The number of nitrogens with one attached hydrogen (secondary N) is 1. The highest BCUT2D eigenvalue weighted by Crippen LogP contribution is 2.26. The summed E-state index contributed by atoms with van der Waals surface area (Å²) in [4.78, 5) is 22.7. The minimum Gasteiger partial charge on any atom is -0.482 e. The number of halogens is 1. The van der Waals surface area contributed by atoms with Crippen molar-refractivity contribution in [2.45, 2.75) is 0 Å². The van der Waals surface area contributed by atoms with Crippen molar-refractivity contribution < 1.29 is 19.4 Å². The van der Waals surface area contributed by atoms with Crippen molar-refractivity contribution in [2.75, 3.05) is 11.9 Å². The Hall–Kier alpha value is -3.23. The van der Waals surface area contributed by atoms with Gasteiger partial charge in [0.1, 0.15) is 5.75 Å². The topological polar surface area (TPSA) is 101 Å². The molecule has 0 unspecified atom stereocenters. The SMILES string of the molecule is O=C(O)COc1ccc(/C=C(\Cl)c2nnc(C(=O)Nc3ccccc3)s2)cc1. The van der Waals surface area contributed by atoms with Crippen LogP contribution < -0.4 is 10.1 Å². The van der Waals surface area contributed by atoms with Crippen LogP contribution in [0.4, 0.5) is 5.69 Å². The van der Waals surface area contributed by atoms with Crippen LogP contribution >= 0.6 is 22.9 Å². The first-order valence-electron chi connectivity index (χ1n) is 8.03. The summed E-state index contributed by atoms with van der Waals surface area (Å²) in [7, 11) is 0. The highest BCUT2D eigenvalue weighted by Gasteiger charge is 2.14. The van der Waals surface area contributed by atoms with Crippen molar-refractivity contribution in [1.29, 1.82) is 0 Å². The molecule has 7 nitrogen and oxygen atoms in total. The Balaban J connectivity index is 1.66. The van der Waals surface area contributed by atoms with E-state index in [1.807, 2.05) is 18.2 Å². The van der Waals surface area contributed by atoms with Crippen molar-refractivity contribution >= 4 is 51.6 Å². The summed E-state index contributed by atoms with van der Waals surface area (Å²) in [6.07, 6.45) is 1.67. The molecule has 0 aliphatic rings. The van der Waals surface area contributed by atoms with E-state index in [9.17, 15) is 9.59 Å². The molecule has 0 aliphatic carbocycles.